The van der Waals surface area contributed by atoms with Gasteiger partial charge in [0, 0.05) is 12.3 Å². The minimum atomic E-state index is -1.07. The lowest BCUT2D eigenvalue weighted by atomic mass is 9.92. The van der Waals surface area contributed by atoms with Crippen molar-refractivity contribution in [2.75, 3.05) is 0 Å². The lowest BCUT2D eigenvalue weighted by Crippen LogP contribution is -2.03. The molecule has 1 aliphatic rings. The second-order valence-electron chi connectivity index (χ2n) is 6.01. The van der Waals surface area contributed by atoms with Crippen LogP contribution in [-0.4, -0.2) is 25.7 Å². The molecular formula is C20H19N3O2. The van der Waals surface area contributed by atoms with E-state index in [4.69, 9.17) is 5.11 Å². The van der Waals surface area contributed by atoms with E-state index in [9.17, 15) is 4.79 Å². The van der Waals surface area contributed by atoms with Crippen LogP contribution >= 0.6 is 0 Å². The van der Waals surface area contributed by atoms with Crippen molar-refractivity contribution >= 4 is 17.2 Å². The van der Waals surface area contributed by atoms with E-state index in [0.717, 1.165) is 40.8 Å². The number of aromatic nitrogens is 3. The Bertz CT molecular complexity index is 974. The van der Waals surface area contributed by atoms with Crippen molar-refractivity contribution in [1.29, 1.82) is 0 Å². The Hall–Kier alpha value is -3.21. The highest BCUT2D eigenvalue weighted by Gasteiger charge is 2.15. The molecule has 2 aromatic rings. The van der Waals surface area contributed by atoms with Crippen LogP contribution in [0.15, 0.2) is 72.5 Å². The zero-order valence-electron chi connectivity index (χ0n) is 14.1. The lowest BCUT2D eigenvalue weighted by Gasteiger charge is -2.15. The fourth-order valence-corrected chi connectivity index (χ4v) is 2.70. The molecule has 0 unspecified atom stereocenters. The van der Waals surface area contributed by atoms with Gasteiger partial charge in [0.1, 0.15) is 0 Å². The Balaban J connectivity index is 2.00. The van der Waals surface area contributed by atoms with Gasteiger partial charge in [0.15, 0.2) is 11.3 Å². The molecule has 0 radical (unpaired) electrons. The van der Waals surface area contributed by atoms with Crippen molar-refractivity contribution in [2.24, 2.45) is 0 Å². The Labute approximate surface area is 146 Å². The second kappa shape index (κ2) is 6.73. The minimum Gasteiger partial charge on any atom is -0.476 e. The van der Waals surface area contributed by atoms with Gasteiger partial charge in [0.25, 0.3) is 0 Å². The van der Waals surface area contributed by atoms with Crippen LogP contribution in [0, 0.1) is 0 Å². The van der Waals surface area contributed by atoms with Crippen molar-refractivity contribution in [1.82, 2.24) is 14.6 Å². The smallest absolute Gasteiger partial charge is 0.356 e. The molecule has 0 amide bonds. The molecule has 0 spiro atoms. The van der Waals surface area contributed by atoms with Gasteiger partial charge in [-0.3, -0.25) is 0 Å². The third-order valence-electron chi connectivity index (χ3n) is 3.96. The van der Waals surface area contributed by atoms with E-state index < -0.39 is 5.97 Å². The van der Waals surface area contributed by atoms with E-state index in [1.165, 1.54) is 6.07 Å². The van der Waals surface area contributed by atoms with Gasteiger partial charge in [-0.05, 0) is 48.6 Å². The molecule has 0 aromatic carbocycles. The van der Waals surface area contributed by atoms with Crippen LogP contribution in [0.25, 0.3) is 11.2 Å². The molecule has 1 N–H and O–H groups in total. The maximum Gasteiger partial charge on any atom is 0.356 e. The van der Waals surface area contributed by atoms with Crippen LogP contribution in [0.3, 0.4) is 0 Å². The Morgan fingerprint density at radius 1 is 1.36 bits per heavy atom. The highest BCUT2D eigenvalue weighted by molar-refractivity contribution is 5.87. The molecule has 0 saturated heterocycles. The summed E-state index contributed by atoms with van der Waals surface area (Å²) in [5, 5.41) is 13.3. The summed E-state index contributed by atoms with van der Waals surface area (Å²) in [5.74, 6) is -1.07. The number of allylic oxidation sites excluding steroid dienone is 8. The first-order valence-corrected chi connectivity index (χ1v) is 7.98. The number of carboxylic acid groups (broad SMARTS) is 1. The fourth-order valence-electron chi connectivity index (χ4n) is 2.70. The van der Waals surface area contributed by atoms with Crippen LogP contribution in [-0.2, 0) is 0 Å². The van der Waals surface area contributed by atoms with Gasteiger partial charge >= 0.3 is 5.97 Å². The quantitative estimate of drug-likeness (QED) is 0.832. The lowest BCUT2D eigenvalue weighted by molar-refractivity contribution is 0.0690. The highest BCUT2D eigenvalue weighted by atomic mass is 16.4. The molecule has 5 heteroatoms. The standard InChI is InChI=1S/C20H19N3O2/c1-13(2)7-8-14(3)15-5-4-6-16(11-15)18-9-10-21-19-12-17(20(24)25)22-23(18)19/h6-12H,1,3-5H2,2H3,(H,24,25)/b8-7-. The van der Waals surface area contributed by atoms with Gasteiger partial charge in [0.05, 0.1) is 5.69 Å². The van der Waals surface area contributed by atoms with E-state index in [1.807, 2.05) is 25.1 Å². The topological polar surface area (TPSA) is 67.5 Å². The van der Waals surface area contributed by atoms with Crippen LogP contribution < -0.4 is 0 Å². The molecule has 0 atom stereocenters. The fraction of sp³-hybridized carbons (Fsp3) is 0.150. The largest absolute Gasteiger partial charge is 0.476 e. The average Bonchev–Trinajstić information content (AvgIpc) is 3.04. The monoisotopic (exact) mass is 333 g/mol. The van der Waals surface area contributed by atoms with E-state index in [2.05, 4.69) is 35.4 Å². The molecule has 2 heterocycles. The van der Waals surface area contributed by atoms with Gasteiger partial charge in [0.2, 0.25) is 0 Å². The summed E-state index contributed by atoms with van der Waals surface area (Å²) in [6.45, 7) is 9.93. The molecule has 5 nitrogen and oxygen atoms in total. The van der Waals surface area contributed by atoms with Crippen LogP contribution in [0.1, 0.15) is 35.9 Å². The van der Waals surface area contributed by atoms with E-state index in [1.54, 1.807) is 10.7 Å². The molecular weight excluding hydrogens is 314 g/mol. The summed E-state index contributed by atoms with van der Waals surface area (Å²) in [4.78, 5) is 15.4. The normalized spacial score (nSPS) is 14.4. The molecule has 1 aliphatic carbocycles. The molecule has 0 aliphatic heterocycles. The zero-order valence-corrected chi connectivity index (χ0v) is 14.1. The molecule has 0 fully saturated rings. The average molecular weight is 333 g/mol. The van der Waals surface area contributed by atoms with Gasteiger partial charge in [-0.2, -0.15) is 5.10 Å². The minimum absolute atomic E-state index is 0.0191. The molecule has 2 aromatic heterocycles. The summed E-state index contributed by atoms with van der Waals surface area (Å²) in [5.41, 5.74) is 5.36. The maximum atomic E-state index is 11.2. The molecule has 0 bridgehead atoms. The number of fused-ring (bicyclic) bond motifs is 1. The van der Waals surface area contributed by atoms with Crippen molar-refractivity contribution in [2.45, 2.75) is 19.8 Å². The summed E-state index contributed by atoms with van der Waals surface area (Å²) in [6.07, 6.45) is 11.6. The summed E-state index contributed by atoms with van der Waals surface area (Å²) >= 11 is 0. The van der Waals surface area contributed by atoms with Crippen molar-refractivity contribution in [3.63, 3.8) is 0 Å². The third-order valence-corrected chi connectivity index (χ3v) is 3.96. The molecule has 3 rings (SSSR count). The third kappa shape index (κ3) is 3.50. The van der Waals surface area contributed by atoms with Crippen LogP contribution in [0.5, 0.6) is 0 Å². The van der Waals surface area contributed by atoms with Crippen molar-refractivity contribution < 1.29 is 9.90 Å². The number of rotatable bonds is 5. The Morgan fingerprint density at radius 3 is 2.88 bits per heavy atom. The number of hydrogen-bond donors (Lipinski definition) is 1. The van der Waals surface area contributed by atoms with E-state index in [-0.39, 0.29) is 5.69 Å². The molecule has 126 valence electrons. The highest BCUT2D eigenvalue weighted by Crippen LogP contribution is 2.29. The predicted octanol–water partition coefficient (Wildman–Crippen LogP) is 4.22. The first kappa shape index (κ1) is 16.6. The summed E-state index contributed by atoms with van der Waals surface area (Å²) in [7, 11) is 0. The van der Waals surface area contributed by atoms with Crippen LogP contribution in [0.2, 0.25) is 0 Å². The maximum absolute atomic E-state index is 11.2. The van der Waals surface area contributed by atoms with Gasteiger partial charge in [-0.25, -0.2) is 14.3 Å². The summed E-state index contributed by atoms with van der Waals surface area (Å²) in [6, 6.07) is 3.30. The first-order chi connectivity index (χ1) is 12.0. The predicted molar refractivity (Wildman–Crippen MR) is 98.3 cm³/mol. The van der Waals surface area contributed by atoms with Gasteiger partial charge in [-0.1, -0.05) is 37.0 Å². The number of hydrogen-bond acceptors (Lipinski definition) is 3. The zero-order chi connectivity index (χ0) is 18.0. The number of nitrogens with zero attached hydrogens (tertiary/aromatic N) is 3. The summed E-state index contributed by atoms with van der Waals surface area (Å²) < 4.78 is 1.57. The number of aromatic carboxylic acids is 1. The SMILES string of the molecule is C=C(C)/C=C\C(=C)C1=CC(c2ccnc3cc(C(=O)O)nn23)=CCC1. The van der Waals surface area contributed by atoms with E-state index >= 15 is 0 Å². The molecule has 25 heavy (non-hydrogen) atoms. The van der Waals surface area contributed by atoms with Gasteiger partial charge < -0.3 is 5.11 Å². The number of carbonyl (C=O) groups is 1. The van der Waals surface area contributed by atoms with Crippen LogP contribution in [0.4, 0.5) is 0 Å². The van der Waals surface area contributed by atoms with Crippen molar-refractivity contribution in [3.8, 4) is 0 Å². The first-order valence-electron chi connectivity index (χ1n) is 7.98. The van der Waals surface area contributed by atoms with Gasteiger partial charge in [-0.15, -0.1) is 0 Å². The van der Waals surface area contributed by atoms with E-state index in [0.29, 0.717) is 5.65 Å². The Kier molecular flexibility index (Phi) is 4.48. The Morgan fingerprint density at radius 2 is 2.16 bits per heavy atom. The second-order valence-corrected chi connectivity index (χ2v) is 6.01. The molecule has 0 saturated carbocycles. The van der Waals surface area contributed by atoms with Crippen molar-refractivity contribution in [3.05, 3.63) is 83.9 Å². The number of carboxylic acids is 1.